The third-order valence-corrected chi connectivity index (χ3v) is 5.41. The highest BCUT2D eigenvalue weighted by molar-refractivity contribution is 8.14. The third kappa shape index (κ3) is 4.03. The number of nitrogens with zero attached hydrogens (tertiary/aromatic N) is 2. The lowest BCUT2D eigenvalue weighted by Crippen LogP contribution is -2.41. The summed E-state index contributed by atoms with van der Waals surface area (Å²) in [7, 11) is 0. The summed E-state index contributed by atoms with van der Waals surface area (Å²) in [5.41, 5.74) is -0.0591. The molecule has 2 fully saturated rings. The van der Waals surface area contributed by atoms with Crippen LogP contribution >= 0.6 is 11.8 Å². The zero-order valence-electron chi connectivity index (χ0n) is 13.8. The first-order valence-electron chi connectivity index (χ1n) is 8.18. The molecule has 2 aliphatic rings. The van der Waals surface area contributed by atoms with Crippen molar-refractivity contribution in [3.63, 3.8) is 0 Å². The molecule has 0 bridgehead atoms. The average molecular weight is 386 g/mol. The molecule has 1 aromatic carbocycles. The van der Waals surface area contributed by atoms with Gasteiger partial charge in [0.1, 0.15) is 0 Å². The van der Waals surface area contributed by atoms with Gasteiger partial charge >= 0.3 is 6.18 Å². The number of carbonyl (C=O) groups excluding carboxylic acids is 3. The van der Waals surface area contributed by atoms with Crippen molar-refractivity contribution in [3.05, 3.63) is 35.4 Å². The van der Waals surface area contributed by atoms with Gasteiger partial charge in [-0.25, -0.2) is 0 Å². The molecule has 1 aromatic rings. The summed E-state index contributed by atoms with van der Waals surface area (Å²) < 4.78 is 37.6. The van der Waals surface area contributed by atoms with Crippen molar-refractivity contribution in [2.24, 2.45) is 0 Å². The molecule has 0 N–H and O–H groups in total. The van der Waals surface area contributed by atoms with Gasteiger partial charge < -0.3 is 4.90 Å². The van der Waals surface area contributed by atoms with Crippen molar-refractivity contribution in [1.29, 1.82) is 0 Å². The number of benzene rings is 1. The third-order valence-electron chi connectivity index (χ3n) is 4.57. The Kier molecular flexibility index (Phi) is 5.27. The van der Waals surface area contributed by atoms with E-state index < -0.39 is 11.7 Å². The summed E-state index contributed by atoms with van der Waals surface area (Å²) >= 11 is 0.974. The SMILES string of the molecule is O=C(CCc1ccc(C(F)(F)F)cc1)N1CCC(N2C(=O)CSC2=O)C1. The van der Waals surface area contributed by atoms with Crippen LogP contribution in [0.25, 0.3) is 0 Å². The van der Waals surface area contributed by atoms with Gasteiger partial charge in [-0.05, 0) is 30.5 Å². The van der Waals surface area contributed by atoms with E-state index in [1.807, 2.05) is 0 Å². The molecular formula is C17H17F3N2O3S. The Bertz CT molecular complexity index is 705. The molecule has 1 unspecified atom stereocenters. The molecule has 0 aromatic heterocycles. The maximum Gasteiger partial charge on any atom is 0.416 e. The van der Waals surface area contributed by atoms with Crippen LogP contribution in [0, 0.1) is 0 Å². The summed E-state index contributed by atoms with van der Waals surface area (Å²) in [6.45, 7) is 0.794. The minimum atomic E-state index is -4.37. The van der Waals surface area contributed by atoms with Crippen LogP contribution in [0.4, 0.5) is 18.0 Å². The molecule has 140 valence electrons. The monoisotopic (exact) mass is 386 g/mol. The first-order valence-corrected chi connectivity index (χ1v) is 9.17. The van der Waals surface area contributed by atoms with E-state index in [2.05, 4.69) is 0 Å². The number of carbonyl (C=O) groups is 3. The lowest BCUT2D eigenvalue weighted by molar-refractivity contribution is -0.137. The van der Waals surface area contributed by atoms with Crippen LogP contribution in [0.1, 0.15) is 24.0 Å². The minimum Gasteiger partial charge on any atom is -0.341 e. The number of hydrogen-bond acceptors (Lipinski definition) is 4. The lowest BCUT2D eigenvalue weighted by atomic mass is 10.1. The number of hydrogen-bond donors (Lipinski definition) is 0. The predicted octanol–water partition coefficient (Wildman–Crippen LogP) is 2.93. The molecule has 3 rings (SSSR count). The van der Waals surface area contributed by atoms with Crippen LogP contribution in [0.3, 0.4) is 0 Å². The van der Waals surface area contributed by atoms with Crippen LogP contribution in [-0.2, 0) is 22.2 Å². The fourth-order valence-electron chi connectivity index (χ4n) is 3.17. The van der Waals surface area contributed by atoms with Crippen molar-refractivity contribution in [2.75, 3.05) is 18.8 Å². The van der Waals surface area contributed by atoms with Gasteiger partial charge in [-0.15, -0.1) is 0 Å². The second-order valence-electron chi connectivity index (χ2n) is 6.30. The molecule has 26 heavy (non-hydrogen) atoms. The van der Waals surface area contributed by atoms with E-state index in [9.17, 15) is 27.6 Å². The van der Waals surface area contributed by atoms with Crippen LogP contribution < -0.4 is 0 Å². The first-order chi connectivity index (χ1) is 12.3. The van der Waals surface area contributed by atoms with Gasteiger partial charge in [-0.3, -0.25) is 19.3 Å². The highest BCUT2D eigenvalue weighted by Crippen LogP contribution is 2.29. The molecule has 3 amide bonds. The van der Waals surface area contributed by atoms with Crippen molar-refractivity contribution in [3.8, 4) is 0 Å². The molecule has 0 spiro atoms. The normalized spacial score (nSPS) is 21.0. The smallest absolute Gasteiger partial charge is 0.341 e. The van der Waals surface area contributed by atoms with Gasteiger partial charge in [0.25, 0.3) is 5.24 Å². The van der Waals surface area contributed by atoms with E-state index in [-0.39, 0.29) is 35.3 Å². The van der Waals surface area contributed by atoms with E-state index in [1.54, 1.807) is 4.90 Å². The highest BCUT2D eigenvalue weighted by Gasteiger charge is 2.40. The number of thioether (sulfide) groups is 1. The van der Waals surface area contributed by atoms with E-state index in [4.69, 9.17) is 0 Å². The maximum atomic E-state index is 12.5. The fourth-order valence-corrected chi connectivity index (χ4v) is 3.94. The molecule has 0 saturated carbocycles. The Labute approximate surface area is 152 Å². The van der Waals surface area contributed by atoms with Gasteiger partial charge in [0.05, 0.1) is 17.4 Å². The maximum absolute atomic E-state index is 12.5. The predicted molar refractivity (Wildman–Crippen MR) is 89.5 cm³/mol. The molecule has 2 aliphatic heterocycles. The van der Waals surface area contributed by atoms with Gasteiger partial charge in [0.15, 0.2) is 0 Å². The van der Waals surface area contributed by atoms with Crippen molar-refractivity contribution >= 4 is 28.8 Å². The standard InChI is InChI=1S/C17H17F3N2O3S/c18-17(19,20)12-4-1-11(2-5-12)3-6-14(23)21-8-7-13(9-21)22-15(24)10-26-16(22)25/h1-2,4-5,13H,3,6-10H2. The Morgan fingerprint density at radius 2 is 1.88 bits per heavy atom. The van der Waals surface area contributed by atoms with Gasteiger partial charge in [-0.2, -0.15) is 13.2 Å². The molecule has 1 atom stereocenters. The van der Waals surface area contributed by atoms with Crippen LogP contribution in [0.2, 0.25) is 0 Å². The largest absolute Gasteiger partial charge is 0.416 e. The average Bonchev–Trinajstić information content (AvgIpc) is 3.19. The second-order valence-corrected chi connectivity index (χ2v) is 7.22. The minimum absolute atomic E-state index is 0.126. The number of rotatable bonds is 4. The van der Waals surface area contributed by atoms with E-state index in [1.165, 1.54) is 17.0 Å². The number of aryl methyl sites for hydroxylation is 1. The summed E-state index contributed by atoms with van der Waals surface area (Å²) in [6.07, 6.45) is -3.30. The number of likely N-dealkylation sites (tertiary alicyclic amines) is 1. The van der Waals surface area contributed by atoms with Crippen molar-refractivity contribution in [1.82, 2.24) is 9.80 Å². The van der Waals surface area contributed by atoms with E-state index >= 15 is 0 Å². The number of halogens is 3. The van der Waals surface area contributed by atoms with E-state index in [0.29, 0.717) is 31.5 Å². The highest BCUT2D eigenvalue weighted by atomic mass is 32.2. The molecule has 0 aliphatic carbocycles. The molecule has 2 saturated heterocycles. The lowest BCUT2D eigenvalue weighted by Gasteiger charge is -2.22. The molecule has 5 nitrogen and oxygen atoms in total. The van der Waals surface area contributed by atoms with Gasteiger partial charge in [0.2, 0.25) is 11.8 Å². The molecule has 2 heterocycles. The van der Waals surface area contributed by atoms with Crippen LogP contribution in [0.5, 0.6) is 0 Å². The Morgan fingerprint density at radius 1 is 1.19 bits per heavy atom. The molecule has 0 radical (unpaired) electrons. The van der Waals surface area contributed by atoms with Gasteiger partial charge in [-0.1, -0.05) is 23.9 Å². The Morgan fingerprint density at radius 3 is 2.46 bits per heavy atom. The Balaban J connectivity index is 1.51. The molecular weight excluding hydrogens is 369 g/mol. The fraction of sp³-hybridized carbons (Fsp3) is 0.471. The van der Waals surface area contributed by atoms with Gasteiger partial charge in [0, 0.05) is 19.5 Å². The Hall–Kier alpha value is -2.03. The zero-order chi connectivity index (χ0) is 18.9. The number of imide groups is 1. The van der Waals surface area contributed by atoms with Crippen molar-refractivity contribution < 1.29 is 27.6 Å². The van der Waals surface area contributed by atoms with Crippen LogP contribution in [-0.4, -0.2) is 51.7 Å². The molecule has 9 heteroatoms. The zero-order valence-corrected chi connectivity index (χ0v) is 14.6. The topological polar surface area (TPSA) is 57.7 Å². The summed E-state index contributed by atoms with van der Waals surface area (Å²) in [5, 5.41) is -0.265. The van der Waals surface area contributed by atoms with Crippen molar-refractivity contribution in [2.45, 2.75) is 31.5 Å². The first kappa shape index (κ1) is 18.8. The number of alkyl halides is 3. The second kappa shape index (κ2) is 7.30. The summed E-state index contributed by atoms with van der Waals surface area (Å²) in [5.74, 6) is -0.194. The van der Waals surface area contributed by atoms with E-state index in [0.717, 1.165) is 23.9 Å². The quantitative estimate of drug-likeness (QED) is 0.799. The number of amides is 3. The summed E-state index contributed by atoms with van der Waals surface area (Å²) in [4.78, 5) is 38.7. The summed E-state index contributed by atoms with van der Waals surface area (Å²) in [6, 6.07) is 4.49. The van der Waals surface area contributed by atoms with Crippen LogP contribution in [0.15, 0.2) is 24.3 Å².